The maximum absolute atomic E-state index is 3.99. The van der Waals surface area contributed by atoms with E-state index in [1.165, 1.54) is 0 Å². The van der Waals surface area contributed by atoms with Gasteiger partial charge in [-0.05, 0) is 12.1 Å². The van der Waals surface area contributed by atoms with Crippen molar-refractivity contribution in [3.63, 3.8) is 0 Å². The fraction of sp³-hybridized carbons (Fsp3) is 0. The highest BCUT2D eigenvalue weighted by molar-refractivity contribution is 5.06. The third kappa shape index (κ3) is 1.10. The van der Waals surface area contributed by atoms with Gasteiger partial charge in [0.05, 0.1) is 0 Å². The zero-order chi connectivity index (χ0) is 7.52. The number of hydrogen-bond donors (Lipinski definition) is 0. The monoisotopic (exact) mass is 145 g/mol. The average molecular weight is 145 g/mol. The van der Waals surface area contributed by atoms with Crippen LogP contribution in [0.2, 0.25) is 0 Å². The Labute approximate surface area is 63.5 Å². The van der Waals surface area contributed by atoms with E-state index in [0.717, 1.165) is 0 Å². The van der Waals surface area contributed by atoms with Crippen molar-refractivity contribution >= 4 is 0 Å². The van der Waals surface area contributed by atoms with Crippen molar-refractivity contribution in [2.24, 2.45) is 0 Å². The molecule has 0 aliphatic carbocycles. The Balaban J connectivity index is 2.46. The molecule has 53 valence electrons. The van der Waals surface area contributed by atoms with Gasteiger partial charge in [-0.25, -0.2) is 14.6 Å². The van der Waals surface area contributed by atoms with Gasteiger partial charge in [-0.1, -0.05) is 0 Å². The minimum Gasteiger partial charge on any atom is -0.220 e. The van der Waals surface area contributed by atoms with Crippen LogP contribution in [0.15, 0.2) is 30.7 Å². The Bertz CT molecular complexity index is 313. The first-order valence-corrected chi connectivity index (χ1v) is 3.16. The Morgan fingerprint density at radius 1 is 1.27 bits per heavy atom. The lowest BCUT2D eigenvalue weighted by atomic mass is 10.7. The fourth-order valence-corrected chi connectivity index (χ4v) is 0.754. The lowest BCUT2D eigenvalue weighted by molar-refractivity contribution is 0.806. The van der Waals surface area contributed by atoms with Crippen LogP contribution in [0.4, 0.5) is 0 Å². The third-order valence-electron chi connectivity index (χ3n) is 1.21. The van der Waals surface area contributed by atoms with Crippen LogP contribution in [-0.4, -0.2) is 19.7 Å². The second-order valence-corrected chi connectivity index (χ2v) is 1.94. The maximum Gasteiger partial charge on any atom is 0.250 e. The molecule has 11 heavy (non-hydrogen) atoms. The number of hydrogen-bond acceptors (Lipinski definition) is 3. The molecule has 0 saturated carbocycles. The van der Waals surface area contributed by atoms with Crippen molar-refractivity contribution < 1.29 is 0 Å². The first-order valence-electron chi connectivity index (χ1n) is 3.16. The minimum absolute atomic E-state index is 0.564. The summed E-state index contributed by atoms with van der Waals surface area (Å²) in [6, 6.07) is 3.47. The first kappa shape index (κ1) is 6.03. The molecule has 0 aliphatic rings. The molecule has 0 atom stereocenters. The van der Waals surface area contributed by atoms with E-state index in [1.54, 1.807) is 35.4 Å². The van der Waals surface area contributed by atoms with Gasteiger partial charge in [0.15, 0.2) is 0 Å². The number of nitrogens with zero attached hydrogens (tertiary/aromatic N) is 4. The van der Waals surface area contributed by atoms with Crippen LogP contribution in [-0.2, 0) is 0 Å². The Morgan fingerprint density at radius 3 is 2.73 bits per heavy atom. The minimum atomic E-state index is 0.564. The summed E-state index contributed by atoms with van der Waals surface area (Å²) >= 11 is 0. The van der Waals surface area contributed by atoms with Gasteiger partial charge in [-0.15, -0.1) is 0 Å². The molecule has 2 heterocycles. The smallest absolute Gasteiger partial charge is 0.220 e. The van der Waals surface area contributed by atoms with Crippen LogP contribution in [0, 0.1) is 6.20 Å². The van der Waals surface area contributed by atoms with E-state index in [9.17, 15) is 0 Å². The van der Waals surface area contributed by atoms with Crippen molar-refractivity contribution in [2.45, 2.75) is 0 Å². The molecular formula is C7H5N4. The molecule has 4 nitrogen and oxygen atoms in total. The van der Waals surface area contributed by atoms with Crippen LogP contribution >= 0.6 is 0 Å². The second kappa shape index (κ2) is 2.49. The summed E-state index contributed by atoms with van der Waals surface area (Å²) in [6.07, 6.45) is 7.75. The second-order valence-electron chi connectivity index (χ2n) is 1.94. The highest BCUT2D eigenvalue weighted by Crippen LogP contribution is 1.93. The van der Waals surface area contributed by atoms with Gasteiger partial charge < -0.3 is 0 Å². The molecule has 0 bridgehead atoms. The molecule has 1 radical (unpaired) electrons. The lowest BCUT2D eigenvalue weighted by Crippen LogP contribution is -1.99. The molecule has 0 unspecified atom stereocenters. The molecule has 0 fully saturated rings. The van der Waals surface area contributed by atoms with Gasteiger partial charge in [0, 0.05) is 18.6 Å². The van der Waals surface area contributed by atoms with E-state index in [-0.39, 0.29) is 0 Å². The van der Waals surface area contributed by atoms with Gasteiger partial charge in [-0.2, -0.15) is 5.10 Å². The summed E-state index contributed by atoms with van der Waals surface area (Å²) in [7, 11) is 0. The summed E-state index contributed by atoms with van der Waals surface area (Å²) in [4.78, 5) is 7.98. The van der Waals surface area contributed by atoms with Gasteiger partial charge in [-0.3, -0.25) is 0 Å². The molecule has 2 aromatic heterocycles. The molecule has 0 aromatic carbocycles. The Hall–Kier alpha value is -1.71. The Kier molecular flexibility index (Phi) is 1.37. The van der Waals surface area contributed by atoms with Gasteiger partial charge >= 0.3 is 0 Å². The van der Waals surface area contributed by atoms with Crippen LogP contribution in [0.25, 0.3) is 5.95 Å². The normalized spacial score (nSPS) is 9.82. The Morgan fingerprint density at radius 2 is 2.09 bits per heavy atom. The van der Waals surface area contributed by atoms with Gasteiger partial charge in [0.25, 0.3) is 0 Å². The van der Waals surface area contributed by atoms with Crippen LogP contribution in [0.3, 0.4) is 0 Å². The quantitative estimate of drug-likeness (QED) is 0.585. The van der Waals surface area contributed by atoms with E-state index >= 15 is 0 Å². The van der Waals surface area contributed by atoms with Crippen molar-refractivity contribution in [3.8, 4) is 5.95 Å². The number of rotatable bonds is 1. The van der Waals surface area contributed by atoms with Gasteiger partial charge in [0.2, 0.25) is 5.95 Å². The summed E-state index contributed by atoms with van der Waals surface area (Å²) in [5.74, 6) is 0.564. The maximum atomic E-state index is 3.99. The van der Waals surface area contributed by atoms with E-state index in [4.69, 9.17) is 0 Å². The predicted molar refractivity (Wildman–Crippen MR) is 38.0 cm³/mol. The fourth-order valence-electron chi connectivity index (χ4n) is 0.754. The predicted octanol–water partition coefficient (Wildman–Crippen LogP) is 0.462. The number of aromatic nitrogens is 4. The van der Waals surface area contributed by atoms with Crippen molar-refractivity contribution in [3.05, 3.63) is 36.9 Å². The molecular weight excluding hydrogens is 140 g/mol. The largest absolute Gasteiger partial charge is 0.250 e. The molecule has 0 spiro atoms. The third-order valence-corrected chi connectivity index (χ3v) is 1.21. The summed E-state index contributed by atoms with van der Waals surface area (Å²) < 4.78 is 1.56. The molecule has 0 amide bonds. The average Bonchev–Trinajstić information content (AvgIpc) is 2.58. The zero-order valence-corrected chi connectivity index (χ0v) is 5.68. The van der Waals surface area contributed by atoms with E-state index < -0.39 is 0 Å². The van der Waals surface area contributed by atoms with E-state index in [2.05, 4.69) is 21.3 Å². The lowest BCUT2D eigenvalue weighted by Gasteiger charge is -1.94. The molecule has 0 aliphatic heterocycles. The van der Waals surface area contributed by atoms with Crippen molar-refractivity contribution in [2.75, 3.05) is 0 Å². The molecule has 2 aromatic rings. The van der Waals surface area contributed by atoms with E-state index in [0.29, 0.717) is 5.95 Å². The standard InChI is InChI=1S/C7H5N4/c1-3-8-7(9-4-1)11-6-2-5-10-11/h1-4,6H. The highest BCUT2D eigenvalue weighted by atomic mass is 15.3. The summed E-state index contributed by atoms with van der Waals surface area (Å²) in [5.41, 5.74) is 0. The van der Waals surface area contributed by atoms with Gasteiger partial charge in [0.1, 0.15) is 6.20 Å². The van der Waals surface area contributed by atoms with Crippen LogP contribution in [0.5, 0.6) is 0 Å². The molecule has 2 rings (SSSR count). The highest BCUT2D eigenvalue weighted by Gasteiger charge is 1.94. The summed E-state index contributed by atoms with van der Waals surface area (Å²) in [5, 5.41) is 3.85. The molecule has 0 saturated heterocycles. The van der Waals surface area contributed by atoms with E-state index in [1.807, 2.05) is 0 Å². The molecule has 4 heteroatoms. The van der Waals surface area contributed by atoms with Crippen LogP contribution < -0.4 is 0 Å². The topological polar surface area (TPSA) is 43.6 Å². The van der Waals surface area contributed by atoms with Crippen LogP contribution in [0.1, 0.15) is 0 Å². The zero-order valence-electron chi connectivity index (χ0n) is 5.68. The molecule has 0 N–H and O–H groups in total. The van der Waals surface area contributed by atoms with Crippen molar-refractivity contribution in [1.29, 1.82) is 0 Å². The summed E-state index contributed by atoms with van der Waals surface area (Å²) in [6.45, 7) is 0. The van der Waals surface area contributed by atoms with Crippen molar-refractivity contribution in [1.82, 2.24) is 19.7 Å². The first-order chi connectivity index (χ1) is 5.47. The SMILES string of the molecule is [c]1ccn(-c2ncccn2)n1.